The lowest BCUT2D eigenvalue weighted by Crippen LogP contribution is -2.51. The molecule has 5 heteroatoms. The summed E-state index contributed by atoms with van der Waals surface area (Å²) in [7, 11) is 0. The van der Waals surface area contributed by atoms with Crippen LogP contribution in [0.15, 0.2) is 18.5 Å². The zero-order valence-electron chi connectivity index (χ0n) is 10.3. The molecule has 17 heavy (non-hydrogen) atoms. The molecule has 94 valence electrons. The molecule has 1 fully saturated rings. The summed E-state index contributed by atoms with van der Waals surface area (Å²) in [5, 5.41) is 16.7. The zero-order valence-corrected chi connectivity index (χ0v) is 10.3. The van der Waals surface area contributed by atoms with E-state index in [4.69, 9.17) is 0 Å². The van der Waals surface area contributed by atoms with Crippen LogP contribution < -0.4 is 5.32 Å². The molecule has 1 saturated carbocycles. The second-order valence-electron chi connectivity index (χ2n) is 5.10. The van der Waals surface area contributed by atoms with E-state index in [-0.39, 0.29) is 6.04 Å². The molecule has 2 atom stereocenters. The van der Waals surface area contributed by atoms with Gasteiger partial charge < -0.3 is 5.11 Å². The van der Waals surface area contributed by atoms with E-state index in [2.05, 4.69) is 10.4 Å². The Morgan fingerprint density at radius 1 is 1.71 bits per heavy atom. The van der Waals surface area contributed by atoms with E-state index >= 15 is 0 Å². The van der Waals surface area contributed by atoms with Crippen molar-refractivity contribution in [3.05, 3.63) is 18.5 Å². The van der Waals surface area contributed by atoms with Crippen LogP contribution in [0, 0.1) is 0 Å². The molecule has 2 unspecified atom stereocenters. The average Bonchev–Trinajstić information content (AvgIpc) is 2.89. The van der Waals surface area contributed by atoms with Crippen LogP contribution in [0.2, 0.25) is 0 Å². The third-order valence-electron chi connectivity index (χ3n) is 3.25. The Bertz CT molecular complexity index is 386. The number of hydrogen-bond acceptors (Lipinski definition) is 3. The predicted octanol–water partition coefficient (Wildman–Crippen LogP) is 1.43. The van der Waals surface area contributed by atoms with Crippen LogP contribution in [0.4, 0.5) is 0 Å². The Balaban J connectivity index is 2.03. The summed E-state index contributed by atoms with van der Waals surface area (Å²) < 4.78 is 1.80. The Morgan fingerprint density at radius 2 is 2.41 bits per heavy atom. The second kappa shape index (κ2) is 4.49. The van der Waals surface area contributed by atoms with Gasteiger partial charge in [0, 0.05) is 18.4 Å². The molecule has 0 spiro atoms. The molecule has 0 radical (unpaired) electrons. The van der Waals surface area contributed by atoms with Crippen molar-refractivity contribution < 1.29 is 9.90 Å². The van der Waals surface area contributed by atoms with Gasteiger partial charge >= 0.3 is 5.97 Å². The molecule has 1 heterocycles. The van der Waals surface area contributed by atoms with Gasteiger partial charge in [0.2, 0.25) is 0 Å². The van der Waals surface area contributed by atoms with E-state index in [1.807, 2.05) is 19.2 Å². The van der Waals surface area contributed by atoms with Gasteiger partial charge in [-0.1, -0.05) is 0 Å². The van der Waals surface area contributed by atoms with E-state index in [0.29, 0.717) is 12.5 Å². The lowest BCUT2D eigenvalue weighted by atomic mass is 9.93. The van der Waals surface area contributed by atoms with Crippen LogP contribution in [0.25, 0.3) is 0 Å². The van der Waals surface area contributed by atoms with Crippen LogP contribution in [0.1, 0.15) is 39.2 Å². The number of carboxylic acid groups (broad SMARTS) is 1. The Labute approximate surface area is 101 Å². The number of aromatic nitrogens is 2. The van der Waals surface area contributed by atoms with Gasteiger partial charge in [0.1, 0.15) is 5.54 Å². The van der Waals surface area contributed by atoms with Crippen molar-refractivity contribution in [1.29, 1.82) is 0 Å². The lowest BCUT2D eigenvalue weighted by molar-refractivity contribution is -0.145. The number of hydrogen-bond donors (Lipinski definition) is 2. The van der Waals surface area contributed by atoms with Crippen LogP contribution in [-0.4, -0.2) is 32.4 Å². The topological polar surface area (TPSA) is 67.2 Å². The highest BCUT2D eigenvalue weighted by molar-refractivity contribution is 5.78. The first-order valence-electron chi connectivity index (χ1n) is 6.01. The van der Waals surface area contributed by atoms with E-state index in [0.717, 1.165) is 12.8 Å². The highest BCUT2D eigenvalue weighted by atomic mass is 16.4. The zero-order chi connectivity index (χ0) is 12.5. The summed E-state index contributed by atoms with van der Waals surface area (Å²) in [6.45, 7) is 3.75. The molecule has 1 aliphatic rings. The molecule has 0 amide bonds. The van der Waals surface area contributed by atoms with Crippen molar-refractivity contribution >= 4 is 5.97 Å². The fraction of sp³-hybridized carbons (Fsp3) is 0.667. The van der Waals surface area contributed by atoms with Crippen LogP contribution >= 0.6 is 0 Å². The minimum atomic E-state index is -0.869. The summed E-state index contributed by atoms with van der Waals surface area (Å²) in [5.74, 6) is -0.789. The molecule has 2 N–H and O–H groups in total. The molecular formula is C12H19N3O2. The third-order valence-corrected chi connectivity index (χ3v) is 3.25. The van der Waals surface area contributed by atoms with E-state index in [1.165, 1.54) is 0 Å². The second-order valence-corrected chi connectivity index (χ2v) is 5.10. The van der Waals surface area contributed by atoms with Crippen LogP contribution in [-0.2, 0) is 4.79 Å². The molecule has 5 nitrogen and oxygen atoms in total. The van der Waals surface area contributed by atoms with Gasteiger partial charge in [-0.3, -0.25) is 14.8 Å². The van der Waals surface area contributed by atoms with E-state index in [9.17, 15) is 9.90 Å². The van der Waals surface area contributed by atoms with Gasteiger partial charge in [-0.15, -0.1) is 0 Å². The summed E-state index contributed by atoms with van der Waals surface area (Å²) in [6, 6.07) is 2.29. The highest BCUT2D eigenvalue weighted by Gasteiger charge is 2.39. The third kappa shape index (κ3) is 2.85. The number of carbonyl (C=O) groups is 1. The van der Waals surface area contributed by atoms with Gasteiger partial charge in [0.15, 0.2) is 0 Å². The van der Waals surface area contributed by atoms with Gasteiger partial charge in [-0.2, -0.15) is 5.10 Å². The summed E-state index contributed by atoms with van der Waals surface area (Å²) >= 11 is 0. The Hall–Kier alpha value is -1.36. The first-order valence-corrected chi connectivity index (χ1v) is 6.01. The van der Waals surface area contributed by atoms with Crippen molar-refractivity contribution in [2.75, 3.05) is 0 Å². The fourth-order valence-electron chi connectivity index (χ4n) is 2.11. The molecule has 1 aromatic heterocycles. The fourth-order valence-corrected chi connectivity index (χ4v) is 2.11. The molecule has 0 aliphatic heterocycles. The van der Waals surface area contributed by atoms with Gasteiger partial charge in [-0.25, -0.2) is 0 Å². The molecule has 0 aromatic carbocycles. The molecule has 0 bridgehead atoms. The van der Waals surface area contributed by atoms with E-state index in [1.54, 1.807) is 17.8 Å². The maximum Gasteiger partial charge on any atom is 0.323 e. The van der Waals surface area contributed by atoms with Crippen molar-refractivity contribution in [3.8, 4) is 0 Å². The first kappa shape index (κ1) is 12.1. The molecule has 2 rings (SSSR count). The molecular weight excluding hydrogens is 218 g/mol. The van der Waals surface area contributed by atoms with Crippen molar-refractivity contribution in [2.24, 2.45) is 0 Å². The maximum atomic E-state index is 11.4. The summed E-state index contributed by atoms with van der Waals surface area (Å²) in [5.41, 5.74) is -0.869. The number of rotatable bonds is 6. The molecule has 0 saturated heterocycles. The van der Waals surface area contributed by atoms with Crippen molar-refractivity contribution in [1.82, 2.24) is 15.1 Å². The summed E-state index contributed by atoms with van der Waals surface area (Å²) in [4.78, 5) is 11.4. The van der Waals surface area contributed by atoms with Crippen molar-refractivity contribution in [3.63, 3.8) is 0 Å². The Morgan fingerprint density at radius 3 is 2.88 bits per heavy atom. The number of carboxylic acids is 1. The average molecular weight is 237 g/mol. The monoisotopic (exact) mass is 237 g/mol. The van der Waals surface area contributed by atoms with Crippen LogP contribution in [0.3, 0.4) is 0 Å². The first-order chi connectivity index (χ1) is 8.01. The van der Waals surface area contributed by atoms with Gasteiger partial charge in [0.25, 0.3) is 0 Å². The number of aliphatic carboxylic acids is 1. The standard InChI is InChI=1S/C12H19N3O2/c1-9(15-7-3-6-13-15)8-12(2,11(16)17)14-10-4-5-10/h3,6-7,9-10,14H,4-5,8H2,1-2H3,(H,16,17). The minimum absolute atomic E-state index is 0.0670. The lowest BCUT2D eigenvalue weighted by Gasteiger charge is -2.29. The van der Waals surface area contributed by atoms with Crippen LogP contribution in [0.5, 0.6) is 0 Å². The Kier molecular flexibility index (Phi) is 3.19. The minimum Gasteiger partial charge on any atom is -0.480 e. The smallest absolute Gasteiger partial charge is 0.323 e. The summed E-state index contributed by atoms with van der Waals surface area (Å²) in [6.07, 6.45) is 6.27. The van der Waals surface area contributed by atoms with Gasteiger partial charge in [-0.05, 0) is 39.2 Å². The predicted molar refractivity (Wildman–Crippen MR) is 63.8 cm³/mol. The normalized spacial score (nSPS) is 20.8. The van der Waals surface area contributed by atoms with Crippen molar-refractivity contribution in [2.45, 2.75) is 50.7 Å². The van der Waals surface area contributed by atoms with Gasteiger partial charge in [0.05, 0.1) is 6.04 Å². The van der Waals surface area contributed by atoms with E-state index < -0.39 is 11.5 Å². The molecule has 1 aliphatic carbocycles. The quantitative estimate of drug-likeness (QED) is 0.785. The number of nitrogens with zero attached hydrogens (tertiary/aromatic N) is 2. The largest absolute Gasteiger partial charge is 0.480 e. The maximum absolute atomic E-state index is 11.4. The SMILES string of the molecule is CC(CC(C)(NC1CC1)C(=O)O)n1cccn1. The highest BCUT2D eigenvalue weighted by Crippen LogP contribution is 2.27. The molecule has 1 aromatic rings. The number of nitrogens with one attached hydrogen (secondary N) is 1.